The molecule has 0 aliphatic carbocycles. The number of aromatic nitrogens is 3. The predicted octanol–water partition coefficient (Wildman–Crippen LogP) is 11.0. The molecule has 0 unspecified atom stereocenters. The highest BCUT2D eigenvalue weighted by molar-refractivity contribution is 6.11. The zero-order valence-corrected chi connectivity index (χ0v) is 25.7. The zero-order chi connectivity index (χ0) is 32.2. The van der Waals surface area contributed by atoms with Gasteiger partial charge in [0.2, 0.25) is 5.69 Å². The number of fused-ring (bicyclic) bond motifs is 6. The lowest BCUT2D eigenvalue weighted by Crippen LogP contribution is -2.00. The first-order valence-corrected chi connectivity index (χ1v) is 15.7. The van der Waals surface area contributed by atoms with E-state index in [1.807, 2.05) is 60.8 Å². The van der Waals surface area contributed by atoms with Gasteiger partial charge >= 0.3 is 0 Å². The highest BCUT2D eigenvalue weighted by Crippen LogP contribution is 2.44. The van der Waals surface area contributed by atoms with Gasteiger partial charge in [0.25, 0.3) is 0 Å². The van der Waals surface area contributed by atoms with E-state index in [0.717, 1.165) is 77.2 Å². The zero-order valence-electron chi connectivity index (χ0n) is 25.7. The number of hydrogen-bond acceptors (Lipinski definition) is 2. The van der Waals surface area contributed by atoms with Crippen LogP contribution in [-0.2, 0) is 0 Å². The molecule has 0 aliphatic rings. The molecule has 0 fully saturated rings. The third-order valence-corrected chi connectivity index (χ3v) is 9.30. The normalized spacial score (nSPS) is 11.3. The standard InChI is InChI=1S/C43H25N5/c1-45-37-16-10-15-35(43(37)48-40-19-8-4-13-33(40)34-14-5-9-20-41(34)48)30-23-24-46-27-36(30)28-21-22-29(26-44)42(25-28)47-38-17-6-2-11-31(38)32-12-3-7-18-39(32)47/h2-25,27H. The molecular formula is C43H25N5. The fraction of sp³-hybridized carbons (Fsp3) is 0. The average Bonchev–Trinajstić information content (AvgIpc) is 3.67. The van der Waals surface area contributed by atoms with E-state index in [1.165, 1.54) is 0 Å². The van der Waals surface area contributed by atoms with E-state index in [2.05, 4.69) is 110 Å². The van der Waals surface area contributed by atoms with Crippen LogP contribution in [0.4, 0.5) is 5.69 Å². The molecule has 3 heterocycles. The maximum absolute atomic E-state index is 10.3. The van der Waals surface area contributed by atoms with Crippen LogP contribution in [0.25, 0.3) is 82.1 Å². The van der Waals surface area contributed by atoms with Crippen LogP contribution in [0.5, 0.6) is 0 Å². The van der Waals surface area contributed by atoms with Crippen molar-refractivity contribution in [3.05, 3.63) is 169 Å². The fourth-order valence-electron chi connectivity index (χ4n) is 7.26. The molecular weight excluding hydrogens is 587 g/mol. The molecule has 3 aromatic heterocycles. The van der Waals surface area contributed by atoms with E-state index >= 15 is 0 Å². The van der Waals surface area contributed by atoms with Crippen LogP contribution in [-0.4, -0.2) is 14.1 Å². The summed E-state index contributed by atoms with van der Waals surface area (Å²) in [5.74, 6) is 0. The van der Waals surface area contributed by atoms with Crippen molar-refractivity contribution in [2.45, 2.75) is 0 Å². The largest absolute Gasteiger partial charge is 0.318 e. The van der Waals surface area contributed by atoms with Gasteiger partial charge in [0, 0.05) is 39.5 Å². The molecule has 0 aliphatic heterocycles. The van der Waals surface area contributed by atoms with Crippen LogP contribution in [0.2, 0.25) is 0 Å². The summed E-state index contributed by atoms with van der Waals surface area (Å²) in [6.45, 7) is 8.23. The molecule has 48 heavy (non-hydrogen) atoms. The van der Waals surface area contributed by atoms with E-state index in [9.17, 15) is 5.26 Å². The third-order valence-electron chi connectivity index (χ3n) is 9.30. The summed E-state index contributed by atoms with van der Waals surface area (Å²) in [6.07, 6.45) is 3.68. The van der Waals surface area contributed by atoms with E-state index in [4.69, 9.17) is 6.57 Å². The first-order chi connectivity index (χ1) is 23.8. The maximum Gasteiger partial charge on any atom is 0.211 e. The van der Waals surface area contributed by atoms with Crippen LogP contribution in [0.1, 0.15) is 5.56 Å². The SMILES string of the molecule is [C-]#[N+]c1cccc(-c2ccncc2-c2ccc(C#N)c(-n3c4ccccc4c4ccccc43)c2)c1-n1c2ccccc2c2ccccc21. The molecule has 9 aromatic rings. The van der Waals surface area contributed by atoms with E-state index in [-0.39, 0.29) is 0 Å². The fourth-order valence-corrected chi connectivity index (χ4v) is 7.26. The number of rotatable bonds is 4. The summed E-state index contributed by atoms with van der Waals surface area (Å²) in [4.78, 5) is 8.61. The topological polar surface area (TPSA) is 50.9 Å². The third kappa shape index (κ3) is 3.99. The Morgan fingerprint density at radius 1 is 0.562 bits per heavy atom. The van der Waals surface area contributed by atoms with Crippen LogP contribution < -0.4 is 0 Å². The Bertz CT molecular complexity index is 2710. The average molecular weight is 612 g/mol. The van der Waals surface area contributed by atoms with Gasteiger partial charge in [-0.3, -0.25) is 4.98 Å². The number of nitrogens with zero attached hydrogens (tertiary/aromatic N) is 5. The molecule has 5 nitrogen and oxygen atoms in total. The molecule has 9 rings (SSSR count). The Labute approximate surface area is 276 Å². The van der Waals surface area contributed by atoms with Crippen LogP contribution in [0.3, 0.4) is 0 Å². The quantitative estimate of drug-likeness (QED) is 0.186. The molecule has 0 N–H and O–H groups in total. The number of pyridine rings is 1. The first kappa shape index (κ1) is 27.4. The number of nitriles is 1. The molecule has 0 saturated carbocycles. The monoisotopic (exact) mass is 611 g/mol. The summed E-state index contributed by atoms with van der Waals surface area (Å²) in [7, 11) is 0. The van der Waals surface area contributed by atoms with E-state index < -0.39 is 0 Å². The van der Waals surface area contributed by atoms with Crippen LogP contribution >= 0.6 is 0 Å². The van der Waals surface area contributed by atoms with Crippen LogP contribution in [0.15, 0.2) is 152 Å². The molecule has 0 radical (unpaired) electrons. The van der Waals surface area contributed by atoms with Gasteiger partial charge in [-0.05, 0) is 59.2 Å². The Morgan fingerprint density at radius 2 is 1.12 bits per heavy atom. The summed E-state index contributed by atoms with van der Waals surface area (Å²) < 4.78 is 4.41. The van der Waals surface area contributed by atoms with Crippen LogP contribution in [0, 0.1) is 17.9 Å². The lowest BCUT2D eigenvalue weighted by molar-refractivity contribution is 1.17. The van der Waals surface area contributed by atoms with Gasteiger partial charge in [0.15, 0.2) is 0 Å². The summed E-state index contributed by atoms with van der Waals surface area (Å²) in [5.41, 5.74) is 10.6. The minimum atomic E-state index is 0.563. The highest BCUT2D eigenvalue weighted by Gasteiger charge is 2.21. The minimum Gasteiger partial charge on any atom is -0.318 e. The van der Waals surface area contributed by atoms with Gasteiger partial charge in [0.1, 0.15) is 6.07 Å². The molecule has 0 saturated heterocycles. The Hall–Kier alpha value is -6.95. The first-order valence-electron chi connectivity index (χ1n) is 15.7. The van der Waals surface area contributed by atoms with Crippen molar-refractivity contribution in [1.82, 2.24) is 14.1 Å². The maximum atomic E-state index is 10.3. The van der Waals surface area contributed by atoms with Gasteiger partial charge < -0.3 is 9.13 Å². The van der Waals surface area contributed by atoms with Crippen molar-refractivity contribution in [2.75, 3.05) is 0 Å². The molecule has 6 aromatic carbocycles. The molecule has 0 spiro atoms. The van der Waals surface area contributed by atoms with Crippen molar-refractivity contribution in [1.29, 1.82) is 5.26 Å². The van der Waals surface area contributed by atoms with Gasteiger partial charge in [-0.2, -0.15) is 5.26 Å². The Morgan fingerprint density at radius 3 is 1.69 bits per heavy atom. The summed E-state index contributed by atoms with van der Waals surface area (Å²) >= 11 is 0. The van der Waals surface area contributed by atoms with Gasteiger partial charge in [-0.1, -0.05) is 97.1 Å². The molecule has 5 heteroatoms. The Balaban J connectivity index is 1.32. The lowest BCUT2D eigenvalue weighted by atomic mass is 9.93. The van der Waals surface area contributed by atoms with E-state index in [1.54, 1.807) is 6.20 Å². The lowest BCUT2D eigenvalue weighted by Gasteiger charge is -2.19. The second-order valence-electron chi connectivity index (χ2n) is 11.8. The van der Waals surface area contributed by atoms with Gasteiger partial charge in [-0.15, -0.1) is 0 Å². The second kappa shape index (κ2) is 10.8. The van der Waals surface area contributed by atoms with Crippen molar-refractivity contribution in [2.24, 2.45) is 0 Å². The van der Waals surface area contributed by atoms with Gasteiger partial charge in [-0.25, -0.2) is 4.85 Å². The van der Waals surface area contributed by atoms with E-state index in [0.29, 0.717) is 11.3 Å². The van der Waals surface area contributed by atoms with Crippen molar-refractivity contribution in [3.63, 3.8) is 0 Å². The Kier molecular flexibility index (Phi) is 6.18. The number of hydrogen-bond donors (Lipinski definition) is 0. The molecule has 0 bridgehead atoms. The van der Waals surface area contributed by atoms with Crippen molar-refractivity contribution in [3.8, 4) is 39.7 Å². The number of para-hydroxylation sites is 5. The molecule has 0 atom stereocenters. The summed E-state index contributed by atoms with van der Waals surface area (Å²) in [5, 5.41) is 14.9. The highest BCUT2D eigenvalue weighted by atomic mass is 15.0. The van der Waals surface area contributed by atoms with Crippen molar-refractivity contribution < 1.29 is 0 Å². The predicted molar refractivity (Wildman–Crippen MR) is 195 cm³/mol. The minimum absolute atomic E-state index is 0.563. The van der Waals surface area contributed by atoms with Crippen molar-refractivity contribution >= 4 is 49.3 Å². The number of benzene rings is 6. The summed E-state index contributed by atoms with van der Waals surface area (Å²) in [6, 6.07) is 49.7. The smallest absolute Gasteiger partial charge is 0.211 e. The second-order valence-corrected chi connectivity index (χ2v) is 11.8. The van der Waals surface area contributed by atoms with Gasteiger partial charge in [0.05, 0.1) is 45.6 Å². The molecule has 222 valence electrons. The molecule has 0 amide bonds.